The van der Waals surface area contributed by atoms with Gasteiger partial charge in [0.2, 0.25) is 0 Å². The first-order chi connectivity index (χ1) is 6.49. The summed E-state index contributed by atoms with van der Waals surface area (Å²) in [6, 6.07) is 11.1. The molecule has 0 spiro atoms. The van der Waals surface area contributed by atoms with Crippen LogP contribution in [0.15, 0.2) is 24.3 Å². The minimum absolute atomic E-state index is 1.00. The second-order valence-electron chi connectivity index (χ2n) is 4.69. The summed E-state index contributed by atoms with van der Waals surface area (Å²) in [6.45, 7) is 2.22. The first kappa shape index (κ1) is 11.1. The standard InChI is InChI=1S/C12H20N2/c1-13(10-11-14(2,3)4)12-8-6-5-7-9-12/h6-9H,10-11H2,1-4H3/q+1. The SMILES string of the molecule is CN(CC[N+](C)(C)C)c1cc[c]cc1. The van der Waals surface area contributed by atoms with E-state index in [4.69, 9.17) is 0 Å². The number of nitrogens with zero attached hydrogens (tertiary/aromatic N) is 2. The Bertz CT molecular complexity index is 261. The highest BCUT2D eigenvalue weighted by Gasteiger charge is 2.08. The van der Waals surface area contributed by atoms with Crippen molar-refractivity contribution in [2.24, 2.45) is 0 Å². The lowest BCUT2D eigenvalue weighted by atomic mass is 10.3. The zero-order valence-corrected chi connectivity index (χ0v) is 9.62. The van der Waals surface area contributed by atoms with Gasteiger partial charge in [-0.2, -0.15) is 0 Å². The maximum Gasteiger partial charge on any atom is 0.0958 e. The summed E-state index contributed by atoms with van der Waals surface area (Å²) in [5.41, 5.74) is 1.26. The summed E-state index contributed by atoms with van der Waals surface area (Å²) in [7, 11) is 8.77. The molecule has 0 bridgehead atoms. The molecule has 0 unspecified atom stereocenters. The number of anilines is 1. The fraction of sp³-hybridized carbons (Fsp3) is 0.500. The van der Waals surface area contributed by atoms with Crippen molar-refractivity contribution in [2.75, 3.05) is 46.2 Å². The Hall–Kier alpha value is -1.02. The fourth-order valence-corrected chi connectivity index (χ4v) is 1.21. The number of hydrogen-bond acceptors (Lipinski definition) is 1. The van der Waals surface area contributed by atoms with Crippen LogP contribution in [0.2, 0.25) is 0 Å². The van der Waals surface area contributed by atoms with E-state index in [9.17, 15) is 0 Å². The molecule has 77 valence electrons. The lowest BCUT2D eigenvalue weighted by Gasteiger charge is -2.27. The van der Waals surface area contributed by atoms with Gasteiger partial charge in [-0.1, -0.05) is 12.1 Å². The molecule has 0 aliphatic heterocycles. The van der Waals surface area contributed by atoms with E-state index in [1.165, 1.54) is 5.69 Å². The van der Waals surface area contributed by atoms with Gasteiger partial charge in [0.05, 0.1) is 34.2 Å². The zero-order valence-electron chi connectivity index (χ0n) is 9.62. The van der Waals surface area contributed by atoms with Crippen molar-refractivity contribution < 1.29 is 4.48 Å². The minimum atomic E-state index is 1.00. The maximum atomic E-state index is 3.03. The predicted octanol–water partition coefficient (Wildman–Crippen LogP) is 1.63. The molecule has 1 aromatic rings. The van der Waals surface area contributed by atoms with Crippen molar-refractivity contribution in [3.8, 4) is 0 Å². The molecule has 1 rings (SSSR count). The third-order valence-electron chi connectivity index (χ3n) is 2.25. The number of quaternary nitrogens is 1. The quantitative estimate of drug-likeness (QED) is 0.655. The molecule has 0 atom stereocenters. The van der Waals surface area contributed by atoms with Crippen LogP contribution in [0.1, 0.15) is 0 Å². The Kier molecular flexibility index (Phi) is 3.53. The summed E-state index contributed by atoms with van der Waals surface area (Å²) >= 11 is 0. The summed E-state index contributed by atoms with van der Waals surface area (Å²) in [6.07, 6.45) is 0. The molecular formula is C12H20N2+. The average molecular weight is 192 g/mol. The summed E-state index contributed by atoms with van der Waals surface area (Å²) in [5, 5.41) is 0. The van der Waals surface area contributed by atoms with Gasteiger partial charge in [-0.3, -0.25) is 0 Å². The molecule has 2 nitrogen and oxygen atoms in total. The first-order valence-electron chi connectivity index (χ1n) is 4.97. The van der Waals surface area contributed by atoms with Gasteiger partial charge in [0.15, 0.2) is 0 Å². The van der Waals surface area contributed by atoms with Gasteiger partial charge in [-0.05, 0) is 18.2 Å². The van der Waals surface area contributed by atoms with Gasteiger partial charge in [-0.25, -0.2) is 0 Å². The van der Waals surface area contributed by atoms with Crippen LogP contribution in [-0.2, 0) is 0 Å². The first-order valence-corrected chi connectivity index (χ1v) is 4.97. The molecule has 0 aromatic heterocycles. The van der Waals surface area contributed by atoms with Gasteiger partial charge in [-0.15, -0.1) is 0 Å². The molecule has 0 heterocycles. The van der Waals surface area contributed by atoms with Crippen LogP contribution in [0, 0.1) is 6.07 Å². The number of hydrogen-bond donors (Lipinski definition) is 0. The van der Waals surface area contributed by atoms with Crippen LogP contribution in [0.4, 0.5) is 5.69 Å². The highest BCUT2D eigenvalue weighted by Crippen LogP contribution is 2.10. The topological polar surface area (TPSA) is 3.24 Å². The van der Waals surface area contributed by atoms with Gasteiger partial charge in [0.25, 0.3) is 0 Å². The van der Waals surface area contributed by atoms with Gasteiger partial charge in [0.1, 0.15) is 0 Å². The average Bonchev–Trinajstić information content (AvgIpc) is 2.14. The second-order valence-corrected chi connectivity index (χ2v) is 4.69. The van der Waals surface area contributed by atoms with Crippen molar-refractivity contribution >= 4 is 5.69 Å². The molecule has 0 saturated heterocycles. The van der Waals surface area contributed by atoms with E-state index in [0.29, 0.717) is 0 Å². The molecule has 0 N–H and O–H groups in total. The maximum absolute atomic E-state index is 3.03. The molecule has 0 fully saturated rings. The largest absolute Gasteiger partial charge is 0.369 e. The number of rotatable bonds is 4. The molecule has 1 aromatic carbocycles. The van der Waals surface area contributed by atoms with Crippen LogP contribution in [0.3, 0.4) is 0 Å². The van der Waals surface area contributed by atoms with Crippen molar-refractivity contribution in [1.29, 1.82) is 0 Å². The van der Waals surface area contributed by atoms with E-state index in [1.807, 2.05) is 12.1 Å². The molecular weight excluding hydrogens is 172 g/mol. The zero-order chi connectivity index (χ0) is 10.6. The Morgan fingerprint density at radius 2 is 1.79 bits per heavy atom. The highest BCUT2D eigenvalue weighted by molar-refractivity contribution is 5.44. The number of benzene rings is 1. The van der Waals surface area contributed by atoms with Gasteiger partial charge >= 0.3 is 0 Å². The highest BCUT2D eigenvalue weighted by atomic mass is 15.3. The van der Waals surface area contributed by atoms with E-state index < -0.39 is 0 Å². The Balaban J connectivity index is 2.48. The van der Waals surface area contributed by atoms with E-state index in [-0.39, 0.29) is 0 Å². The van der Waals surface area contributed by atoms with E-state index >= 15 is 0 Å². The van der Waals surface area contributed by atoms with Crippen LogP contribution >= 0.6 is 0 Å². The molecule has 0 amide bonds. The summed E-state index contributed by atoms with van der Waals surface area (Å²) in [4.78, 5) is 2.28. The van der Waals surface area contributed by atoms with Gasteiger partial charge in [0, 0.05) is 12.7 Å². The molecule has 0 aliphatic rings. The Morgan fingerprint density at radius 3 is 2.29 bits per heavy atom. The van der Waals surface area contributed by atoms with Crippen LogP contribution in [0.25, 0.3) is 0 Å². The van der Waals surface area contributed by atoms with E-state index in [0.717, 1.165) is 17.6 Å². The third kappa shape index (κ3) is 3.79. The lowest BCUT2D eigenvalue weighted by Crippen LogP contribution is -2.41. The Morgan fingerprint density at radius 1 is 1.21 bits per heavy atom. The van der Waals surface area contributed by atoms with Crippen molar-refractivity contribution in [3.63, 3.8) is 0 Å². The minimum Gasteiger partial charge on any atom is -0.369 e. The van der Waals surface area contributed by atoms with Crippen molar-refractivity contribution in [1.82, 2.24) is 0 Å². The molecule has 0 aliphatic carbocycles. The smallest absolute Gasteiger partial charge is 0.0958 e. The Labute approximate surface area is 87.4 Å². The molecule has 1 radical (unpaired) electrons. The summed E-state index contributed by atoms with van der Waals surface area (Å²) < 4.78 is 1.00. The molecule has 14 heavy (non-hydrogen) atoms. The number of likely N-dealkylation sites (N-methyl/N-ethyl adjacent to an activating group) is 2. The van der Waals surface area contributed by atoms with Crippen LogP contribution < -0.4 is 4.90 Å². The molecule has 2 heteroatoms. The van der Waals surface area contributed by atoms with E-state index in [1.54, 1.807) is 0 Å². The van der Waals surface area contributed by atoms with Crippen molar-refractivity contribution in [3.05, 3.63) is 30.3 Å². The van der Waals surface area contributed by atoms with Gasteiger partial charge < -0.3 is 9.38 Å². The lowest BCUT2D eigenvalue weighted by molar-refractivity contribution is -0.868. The monoisotopic (exact) mass is 192 g/mol. The molecule has 0 saturated carbocycles. The normalized spacial score (nSPS) is 11.4. The third-order valence-corrected chi connectivity index (χ3v) is 2.25. The van der Waals surface area contributed by atoms with E-state index in [2.05, 4.69) is 51.3 Å². The van der Waals surface area contributed by atoms with Crippen LogP contribution in [0.5, 0.6) is 0 Å². The fourth-order valence-electron chi connectivity index (χ4n) is 1.21. The second kappa shape index (κ2) is 4.47. The summed E-state index contributed by atoms with van der Waals surface area (Å²) in [5.74, 6) is 0. The van der Waals surface area contributed by atoms with Crippen LogP contribution in [-0.4, -0.2) is 45.8 Å². The van der Waals surface area contributed by atoms with Crippen molar-refractivity contribution in [2.45, 2.75) is 0 Å². The predicted molar refractivity (Wildman–Crippen MR) is 61.4 cm³/mol.